The lowest BCUT2D eigenvalue weighted by molar-refractivity contribution is 0.537. The van der Waals surface area contributed by atoms with Crippen LogP contribution in [-0.2, 0) is 5.41 Å². The van der Waals surface area contributed by atoms with Gasteiger partial charge in [-0.15, -0.1) is 11.8 Å². The van der Waals surface area contributed by atoms with Crippen LogP contribution in [-0.4, -0.2) is 15.2 Å². The van der Waals surface area contributed by atoms with Gasteiger partial charge in [-0.3, -0.25) is 0 Å². The van der Waals surface area contributed by atoms with Crippen LogP contribution >= 0.6 is 23.4 Å². The lowest BCUT2D eigenvalue weighted by Crippen LogP contribution is -2.18. The minimum atomic E-state index is -0.0757. The Morgan fingerprint density at radius 3 is 2.11 bits per heavy atom. The van der Waals surface area contributed by atoms with Crippen molar-refractivity contribution in [1.82, 2.24) is 9.97 Å². The first-order valence-electron chi connectivity index (χ1n) is 6.34. The van der Waals surface area contributed by atoms with Gasteiger partial charge in [0.1, 0.15) is 16.0 Å². The summed E-state index contributed by atoms with van der Waals surface area (Å²) in [4.78, 5) is 9.09. The Labute approximate surface area is 120 Å². The predicted octanol–water partition coefficient (Wildman–Crippen LogP) is 4.87. The van der Waals surface area contributed by atoms with Gasteiger partial charge < -0.3 is 0 Å². The molecular weight excluding hydrogens is 264 g/mol. The highest BCUT2D eigenvalue weighted by Crippen LogP contribution is 2.33. The number of halogens is 1. The zero-order valence-corrected chi connectivity index (χ0v) is 13.9. The maximum absolute atomic E-state index is 6.22. The third kappa shape index (κ3) is 3.86. The number of thioether (sulfide) groups is 1. The summed E-state index contributed by atoms with van der Waals surface area (Å²) in [6, 6.07) is 0. The molecule has 1 aromatic heterocycles. The van der Waals surface area contributed by atoms with Gasteiger partial charge in [-0.05, 0) is 12.8 Å². The molecule has 1 atom stereocenters. The van der Waals surface area contributed by atoms with Crippen molar-refractivity contribution in [3.63, 3.8) is 0 Å². The molecular formula is C14H23ClN2S. The molecule has 0 aliphatic heterocycles. The highest BCUT2D eigenvalue weighted by molar-refractivity contribution is 7.99. The van der Waals surface area contributed by atoms with Crippen LogP contribution < -0.4 is 0 Å². The molecule has 1 rings (SSSR count). The molecule has 102 valence electrons. The summed E-state index contributed by atoms with van der Waals surface area (Å²) in [5, 5.41) is 2.11. The topological polar surface area (TPSA) is 25.8 Å². The van der Waals surface area contributed by atoms with Crippen LogP contribution in [0, 0.1) is 12.8 Å². The summed E-state index contributed by atoms with van der Waals surface area (Å²) in [6.07, 6.45) is 0. The van der Waals surface area contributed by atoms with E-state index < -0.39 is 0 Å². The molecule has 0 aliphatic carbocycles. The Morgan fingerprint density at radius 1 is 1.11 bits per heavy atom. The van der Waals surface area contributed by atoms with Gasteiger partial charge >= 0.3 is 0 Å². The second kappa shape index (κ2) is 5.79. The molecule has 1 aromatic rings. The van der Waals surface area contributed by atoms with Crippen molar-refractivity contribution < 1.29 is 0 Å². The Bertz CT molecular complexity index is 425. The summed E-state index contributed by atoms with van der Waals surface area (Å²) in [5.41, 5.74) is 0.912. The Kier molecular flexibility index (Phi) is 5.07. The standard InChI is InChI=1S/C14H23ClN2S/c1-8(2)10(4)18-12-9(3)11(15)16-13(17-12)14(5,6)7/h8,10H,1-7H3. The fraction of sp³-hybridized carbons (Fsp3) is 0.714. The Balaban J connectivity index is 3.15. The van der Waals surface area contributed by atoms with Crippen LogP contribution in [0.2, 0.25) is 5.15 Å². The SMILES string of the molecule is Cc1c(Cl)nc(C(C)(C)C)nc1SC(C)C(C)C. The molecule has 0 amide bonds. The average Bonchev–Trinajstić information content (AvgIpc) is 2.22. The van der Waals surface area contributed by atoms with E-state index in [1.807, 2.05) is 6.92 Å². The van der Waals surface area contributed by atoms with Gasteiger partial charge in [0.15, 0.2) is 0 Å². The van der Waals surface area contributed by atoms with Crippen LogP contribution in [0.1, 0.15) is 52.9 Å². The number of hydrogen-bond acceptors (Lipinski definition) is 3. The summed E-state index contributed by atoms with van der Waals surface area (Å²) >= 11 is 8.01. The fourth-order valence-corrected chi connectivity index (χ4v) is 2.49. The van der Waals surface area contributed by atoms with Gasteiger partial charge in [-0.2, -0.15) is 0 Å². The van der Waals surface area contributed by atoms with Crippen molar-refractivity contribution in [1.29, 1.82) is 0 Å². The molecule has 0 aliphatic rings. The fourth-order valence-electron chi connectivity index (χ4n) is 1.23. The Hall–Kier alpha value is -0.280. The van der Waals surface area contributed by atoms with Crippen molar-refractivity contribution in [2.75, 3.05) is 0 Å². The molecule has 4 heteroatoms. The number of aromatic nitrogens is 2. The molecule has 0 saturated carbocycles. The third-order valence-corrected chi connectivity index (χ3v) is 4.85. The first kappa shape index (κ1) is 15.8. The number of nitrogens with zero attached hydrogens (tertiary/aromatic N) is 2. The van der Waals surface area contributed by atoms with Crippen LogP contribution in [0.3, 0.4) is 0 Å². The summed E-state index contributed by atoms with van der Waals surface area (Å²) in [6.45, 7) is 15.0. The molecule has 0 radical (unpaired) electrons. The zero-order valence-electron chi connectivity index (χ0n) is 12.3. The largest absolute Gasteiger partial charge is 0.226 e. The van der Waals surface area contributed by atoms with Gasteiger partial charge in [0.25, 0.3) is 0 Å². The molecule has 0 aromatic carbocycles. The van der Waals surface area contributed by atoms with Crippen molar-refractivity contribution in [2.45, 2.75) is 64.2 Å². The van der Waals surface area contributed by atoms with Crippen molar-refractivity contribution in [2.24, 2.45) is 5.92 Å². The highest BCUT2D eigenvalue weighted by Gasteiger charge is 2.22. The summed E-state index contributed by atoms with van der Waals surface area (Å²) in [5.74, 6) is 1.43. The zero-order chi connectivity index (χ0) is 14.1. The summed E-state index contributed by atoms with van der Waals surface area (Å²) in [7, 11) is 0. The van der Waals surface area contributed by atoms with Crippen LogP contribution in [0.4, 0.5) is 0 Å². The smallest absolute Gasteiger partial charge is 0.136 e. The van der Waals surface area contributed by atoms with E-state index in [0.29, 0.717) is 16.3 Å². The molecule has 1 unspecified atom stereocenters. The van der Waals surface area contributed by atoms with Gasteiger partial charge in [-0.25, -0.2) is 9.97 Å². The molecule has 18 heavy (non-hydrogen) atoms. The Morgan fingerprint density at radius 2 is 1.67 bits per heavy atom. The molecule has 0 spiro atoms. The molecule has 0 fully saturated rings. The molecule has 1 heterocycles. The van der Waals surface area contributed by atoms with E-state index in [9.17, 15) is 0 Å². The third-order valence-electron chi connectivity index (χ3n) is 2.95. The van der Waals surface area contributed by atoms with Gasteiger partial charge in [0, 0.05) is 16.2 Å². The first-order valence-corrected chi connectivity index (χ1v) is 7.60. The maximum atomic E-state index is 6.22. The minimum Gasteiger partial charge on any atom is -0.226 e. The average molecular weight is 287 g/mol. The second-order valence-corrected chi connectivity index (χ2v) is 7.81. The predicted molar refractivity (Wildman–Crippen MR) is 80.6 cm³/mol. The molecule has 0 saturated heterocycles. The molecule has 0 bridgehead atoms. The van der Waals surface area contributed by atoms with Crippen molar-refractivity contribution >= 4 is 23.4 Å². The van der Waals surface area contributed by atoms with E-state index in [4.69, 9.17) is 16.6 Å². The van der Waals surface area contributed by atoms with Crippen molar-refractivity contribution in [3.05, 3.63) is 16.5 Å². The maximum Gasteiger partial charge on any atom is 0.136 e. The monoisotopic (exact) mass is 286 g/mol. The van der Waals surface area contributed by atoms with Crippen LogP contribution in [0.15, 0.2) is 5.03 Å². The quantitative estimate of drug-likeness (QED) is 0.585. The minimum absolute atomic E-state index is 0.0757. The second-order valence-electron chi connectivity index (χ2n) is 6.09. The summed E-state index contributed by atoms with van der Waals surface area (Å²) < 4.78 is 0. The van der Waals surface area contributed by atoms with E-state index >= 15 is 0 Å². The van der Waals surface area contributed by atoms with Gasteiger partial charge in [0.2, 0.25) is 0 Å². The first-order chi connectivity index (χ1) is 8.12. The van der Waals surface area contributed by atoms with Crippen LogP contribution in [0.5, 0.6) is 0 Å². The van der Waals surface area contributed by atoms with Crippen molar-refractivity contribution in [3.8, 4) is 0 Å². The lowest BCUT2D eigenvalue weighted by atomic mass is 9.96. The molecule has 0 N–H and O–H groups in total. The highest BCUT2D eigenvalue weighted by atomic mass is 35.5. The number of rotatable bonds is 3. The van der Waals surface area contributed by atoms with E-state index in [2.05, 4.69) is 46.5 Å². The molecule has 2 nitrogen and oxygen atoms in total. The lowest BCUT2D eigenvalue weighted by Gasteiger charge is -2.21. The van der Waals surface area contributed by atoms with Gasteiger partial charge in [0.05, 0.1) is 0 Å². The number of hydrogen-bond donors (Lipinski definition) is 0. The normalized spacial score (nSPS) is 14.1. The van der Waals surface area contributed by atoms with Gasteiger partial charge in [-0.1, -0.05) is 53.1 Å². The van der Waals surface area contributed by atoms with E-state index in [0.717, 1.165) is 16.4 Å². The van der Waals surface area contributed by atoms with E-state index in [1.165, 1.54) is 0 Å². The van der Waals surface area contributed by atoms with E-state index in [-0.39, 0.29) is 5.41 Å². The van der Waals surface area contributed by atoms with Crippen LogP contribution in [0.25, 0.3) is 0 Å². The van der Waals surface area contributed by atoms with E-state index in [1.54, 1.807) is 11.8 Å².